The van der Waals surface area contributed by atoms with Gasteiger partial charge < -0.3 is 9.80 Å². The zero-order chi connectivity index (χ0) is 23.5. The summed E-state index contributed by atoms with van der Waals surface area (Å²) in [6.07, 6.45) is 7.21. The molecule has 0 atom stereocenters. The van der Waals surface area contributed by atoms with Crippen molar-refractivity contribution < 1.29 is 16.5 Å². The van der Waals surface area contributed by atoms with Crippen LogP contribution in [0.25, 0.3) is 0 Å². The molecule has 184 valence electrons. The van der Waals surface area contributed by atoms with Crippen molar-refractivity contribution in [2.75, 3.05) is 37.0 Å². The number of aliphatic imine (C=N–C) groups is 2. The number of nitrogens with zero attached hydrogens (tertiary/aromatic N) is 4. The Balaban J connectivity index is 0.00000544. The Hall–Kier alpha value is -2.13. The van der Waals surface area contributed by atoms with E-state index in [1.54, 1.807) is 0 Å². The summed E-state index contributed by atoms with van der Waals surface area (Å²) < 4.78 is 0. The molecule has 33 heavy (non-hydrogen) atoms. The minimum Gasteiger partial charge on any atom is -0.373 e. The first-order valence-electron chi connectivity index (χ1n) is 12.3. The normalized spacial score (nSPS) is 11.5. The summed E-state index contributed by atoms with van der Waals surface area (Å²) in [5.41, 5.74) is 8.18. The molecule has 0 saturated carbocycles. The molecule has 0 aromatic heterocycles. The van der Waals surface area contributed by atoms with Crippen LogP contribution in [0.1, 0.15) is 65.0 Å². The van der Waals surface area contributed by atoms with Gasteiger partial charge >= 0.3 is 0 Å². The topological polar surface area (TPSA) is 31.2 Å². The van der Waals surface area contributed by atoms with E-state index in [0.717, 1.165) is 62.3 Å². The van der Waals surface area contributed by atoms with Crippen LogP contribution in [0, 0.1) is 0 Å². The van der Waals surface area contributed by atoms with Crippen molar-refractivity contribution in [3.8, 4) is 0 Å². The Kier molecular flexibility index (Phi) is 13.1. The van der Waals surface area contributed by atoms with E-state index in [0.29, 0.717) is 0 Å². The van der Waals surface area contributed by atoms with Crippen LogP contribution in [0.5, 0.6) is 0 Å². The van der Waals surface area contributed by atoms with Crippen molar-refractivity contribution in [2.24, 2.45) is 9.98 Å². The number of rotatable bonds is 12. The van der Waals surface area contributed by atoms with E-state index in [1.807, 2.05) is 6.21 Å². The van der Waals surface area contributed by atoms with Crippen LogP contribution in [0.3, 0.4) is 0 Å². The number of anilines is 2. The Bertz CT molecular complexity index is 898. The van der Waals surface area contributed by atoms with E-state index >= 15 is 0 Å². The summed E-state index contributed by atoms with van der Waals surface area (Å²) >= 11 is 0. The second-order valence-corrected chi connectivity index (χ2v) is 8.38. The SMILES string of the molecule is CCCCC(/C=N/c1cc(CC)cc(CC)c1)=N\c1ccc(N(C)CC)c(N(C)CC)c1.[Ni]. The van der Waals surface area contributed by atoms with Crippen molar-refractivity contribution >= 4 is 34.7 Å². The molecule has 2 rings (SSSR count). The van der Waals surface area contributed by atoms with Crippen molar-refractivity contribution in [3.63, 3.8) is 0 Å². The number of unbranched alkanes of at least 4 members (excludes halogenated alkanes) is 1. The van der Waals surface area contributed by atoms with Gasteiger partial charge in [-0.25, -0.2) is 0 Å². The molecular weight excluding hydrogens is 451 g/mol. The minimum atomic E-state index is 0. The third-order valence-corrected chi connectivity index (χ3v) is 6.01. The molecule has 0 aliphatic rings. The molecule has 0 aliphatic carbocycles. The van der Waals surface area contributed by atoms with Gasteiger partial charge in [0.2, 0.25) is 0 Å². The van der Waals surface area contributed by atoms with Gasteiger partial charge in [-0.1, -0.05) is 33.3 Å². The van der Waals surface area contributed by atoms with Crippen molar-refractivity contribution in [1.29, 1.82) is 0 Å². The molecule has 0 N–H and O–H groups in total. The zero-order valence-corrected chi connectivity index (χ0v) is 22.6. The molecular formula is C28H42N4Ni. The van der Waals surface area contributed by atoms with Gasteiger partial charge in [-0.2, -0.15) is 0 Å². The van der Waals surface area contributed by atoms with Gasteiger partial charge in [-0.05, 0) is 81.0 Å². The van der Waals surface area contributed by atoms with Gasteiger partial charge in [0.15, 0.2) is 0 Å². The molecule has 4 nitrogen and oxygen atoms in total. The van der Waals surface area contributed by atoms with Gasteiger partial charge in [0, 0.05) is 49.9 Å². The summed E-state index contributed by atoms with van der Waals surface area (Å²) in [5.74, 6) is 0. The molecule has 0 saturated heterocycles. The van der Waals surface area contributed by atoms with Crippen molar-refractivity contribution in [3.05, 3.63) is 47.5 Å². The van der Waals surface area contributed by atoms with E-state index in [2.05, 4.69) is 94.9 Å². The van der Waals surface area contributed by atoms with Crippen LogP contribution in [0.2, 0.25) is 0 Å². The third-order valence-electron chi connectivity index (χ3n) is 6.01. The summed E-state index contributed by atoms with van der Waals surface area (Å²) in [6, 6.07) is 13.2. The summed E-state index contributed by atoms with van der Waals surface area (Å²) in [5, 5.41) is 0. The van der Waals surface area contributed by atoms with E-state index in [9.17, 15) is 0 Å². The second-order valence-electron chi connectivity index (χ2n) is 8.38. The third kappa shape index (κ3) is 8.63. The summed E-state index contributed by atoms with van der Waals surface area (Å²) in [6.45, 7) is 12.9. The molecule has 0 radical (unpaired) electrons. The van der Waals surface area contributed by atoms with E-state index in [1.165, 1.54) is 22.5 Å². The van der Waals surface area contributed by atoms with E-state index in [4.69, 9.17) is 9.98 Å². The van der Waals surface area contributed by atoms with Gasteiger partial charge in [0.1, 0.15) is 0 Å². The standard InChI is InChI=1S/C28H42N4.Ni/c1-8-13-14-25(21-29-26-18-22(9-2)17-23(10-3)19-26)30-24-15-16-27(31(6)11-4)28(20-24)32(7)12-5;/h15-21H,8-14H2,1-7H3;/b29-21+,30-25+;. The monoisotopic (exact) mass is 492 g/mol. The van der Waals surface area contributed by atoms with E-state index in [-0.39, 0.29) is 16.5 Å². The molecule has 2 aromatic rings. The Morgan fingerprint density at radius 2 is 1.39 bits per heavy atom. The van der Waals surface area contributed by atoms with Crippen LogP contribution >= 0.6 is 0 Å². The second kappa shape index (κ2) is 14.9. The summed E-state index contributed by atoms with van der Waals surface area (Å²) in [7, 11) is 4.28. The number of hydrogen-bond donors (Lipinski definition) is 0. The van der Waals surface area contributed by atoms with Gasteiger partial charge in [0.05, 0.1) is 28.5 Å². The number of aryl methyl sites for hydroxylation is 2. The Morgan fingerprint density at radius 3 is 1.94 bits per heavy atom. The molecule has 0 spiro atoms. The Morgan fingerprint density at radius 1 is 0.788 bits per heavy atom. The first-order chi connectivity index (χ1) is 15.4. The number of benzene rings is 2. The maximum absolute atomic E-state index is 5.02. The van der Waals surface area contributed by atoms with Crippen LogP contribution in [0.4, 0.5) is 22.7 Å². The Labute approximate surface area is 212 Å². The van der Waals surface area contributed by atoms with Gasteiger partial charge in [0.25, 0.3) is 0 Å². The van der Waals surface area contributed by atoms with Crippen LogP contribution in [-0.2, 0) is 29.3 Å². The molecule has 0 aliphatic heterocycles. The average Bonchev–Trinajstić information content (AvgIpc) is 2.84. The van der Waals surface area contributed by atoms with Crippen LogP contribution < -0.4 is 9.80 Å². The quantitative estimate of drug-likeness (QED) is 0.228. The van der Waals surface area contributed by atoms with Crippen LogP contribution in [-0.4, -0.2) is 39.1 Å². The molecule has 5 heteroatoms. The maximum atomic E-state index is 5.02. The predicted octanol–water partition coefficient (Wildman–Crippen LogP) is 7.39. The minimum absolute atomic E-state index is 0. The van der Waals surface area contributed by atoms with E-state index < -0.39 is 0 Å². The van der Waals surface area contributed by atoms with Gasteiger partial charge in [-0.15, -0.1) is 0 Å². The average molecular weight is 493 g/mol. The zero-order valence-electron chi connectivity index (χ0n) is 21.6. The predicted molar refractivity (Wildman–Crippen MR) is 144 cm³/mol. The van der Waals surface area contributed by atoms with Crippen LogP contribution in [0.15, 0.2) is 46.4 Å². The molecule has 0 unspecified atom stereocenters. The maximum Gasteiger partial charge on any atom is 0.0655 e. The largest absolute Gasteiger partial charge is 0.373 e. The fraction of sp³-hybridized carbons (Fsp3) is 0.500. The first kappa shape index (κ1) is 28.9. The van der Waals surface area contributed by atoms with Crippen molar-refractivity contribution in [1.82, 2.24) is 0 Å². The molecule has 0 bridgehead atoms. The molecule has 0 heterocycles. The fourth-order valence-corrected chi connectivity index (χ4v) is 3.60. The fourth-order valence-electron chi connectivity index (χ4n) is 3.60. The molecule has 0 amide bonds. The molecule has 0 fully saturated rings. The van der Waals surface area contributed by atoms with Gasteiger partial charge in [-0.3, -0.25) is 9.98 Å². The van der Waals surface area contributed by atoms with Crippen molar-refractivity contribution in [2.45, 2.75) is 66.7 Å². The smallest absolute Gasteiger partial charge is 0.0655 e. The number of hydrogen-bond acceptors (Lipinski definition) is 4. The first-order valence-corrected chi connectivity index (χ1v) is 12.3. The summed E-state index contributed by atoms with van der Waals surface area (Å²) in [4.78, 5) is 14.4. The molecule has 2 aromatic carbocycles.